The summed E-state index contributed by atoms with van der Waals surface area (Å²) in [4.78, 5) is 4.25. The standard InChI is InChI=1S/C11H19N3O2S/c1-8(2)16-11-9(12)4-5-10(14-11)13-6-7-17(3)15/h4-5,8H,6-7,12H2,1-3H3,(H,13,14). The van der Waals surface area contributed by atoms with Crippen molar-refractivity contribution in [1.29, 1.82) is 0 Å². The van der Waals surface area contributed by atoms with Gasteiger partial charge in [0.05, 0.1) is 11.8 Å². The van der Waals surface area contributed by atoms with E-state index in [0.717, 1.165) is 0 Å². The average molecular weight is 257 g/mol. The number of nitrogens with one attached hydrogen (secondary N) is 1. The number of hydrogen-bond acceptors (Lipinski definition) is 5. The predicted molar refractivity (Wildman–Crippen MR) is 71.8 cm³/mol. The molecule has 0 amide bonds. The second-order valence-electron chi connectivity index (χ2n) is 3.96. The van der Waals surface area contributed by atoms with Gasteiger partial charge in [-0.3, -0.25) is 4.21 Å². The topological polar surface area (TPSA) is 77.2 Å². The van der Waals surface area contributed by atoms with Crippen molar-refractivity contribution in [2.45, 2.75) is 20.0 Å². The highest BCUT2D eigenvalue weighted by atomic mass is 32.2. The lowest BCUT2D eigenvalue weighted by Crippen LogP contribution is -2.13. The number of aromatic nitrogens is 1. The molecule has 1 heterocycles. The number of rotatable bonds is 6. The monoisotopic (exact) mass is 257 g/mol. The van der Waals surface area contributed by atoms with Crippen LogP contribution in [0.15, 0.2) is 12.1 Å². The molecule has 0 aromatic carbocycles. The fourth-order valence-corrected chi connectivity index (χ4v) is 1.58. The van der Waals surface area contributed by atoms with Gasteiger partial charge in [0.1, 0.15) is 5.82 Å². The van der Waals surface area contributed by atoms with Crippen LogP contribution in [-0.2, 0) is 10.8 Å². The first-order valence-electron chi connectivity index (χ1n) is 5.46. The van der Waals surface area contributed by atoms with E-state index in [9.17, 15) is 4.21 Å². The van der Waals surface area contributed by atoms with Crippen molar-refractivity contribution in [3.05, 3.63) is 12.1 Å². The van der Waals surface area contributed by atoms with Gasteiger partial charge >= 0.3 is 0 Å². The van der Waals surface area contributed by atoms with E-state index in [-0.39, 0.29) is 6.10 Å². The Labute approximate surface area is 104 Å². The summed E-state index contributed by atoms with van der Waals surface area (Å²) in [6, 6.07) is 3.52. The van der Waals surface area contributed by atoms with Gasteiger partial charge in [0.25, 0.3) is 0 Å². The Balaban J connectivity index is 2.64. The summed E-state index contributed by atoms with van der Waals surface area (Å²) >= 11 is 0. The molecular formula is C11H19N3O2S. The smallest absolute Gasteiger partial charge is 0.239 e. The number of pyridine rings is 1. The summed E-state index contributed by atoms with van der Waals surface area (Å²) in [6.45, 7) is 4.45. The van der Waals surface area contributed by atoms with Crippen LogP contribution in [0.4, 0.5) is 11.5 Å². The number of ether oxygens (including phenoxy) is 1. The van der Waals surface area contributed by atoms with Gasteiger partial charge in [0.2, 0.25) is 5.88 Å². The summed E-state index contributed by atoms with van der Waals surface area (Å²) < 4.78 is 16.4. The van der Waals surface area contributed by atoms with Crippen LogP contribution in [0.25, 0.3) is 0 Å². The van der Waals surface area contributed by atoms with Gasteiger partial charge < -0.3 is 15.8 Å². The number of nitrogen functional groups attached to an aromatic ring is 1. The Morgan fingerprint density at radius 3 is 2.82 bits per heavy atom. The number of hydrogen-bond donors (Lipinski definition) is 2. The fraction of sp³-hybridized carbons (Fsp3) is 0.545. The maximum absolute atomic E-state index is 10.9. The van der Waals surface area contributed by atoms with Crippen molar-refractivity contribution in [3.63, 3.8) is 0 Å². The van der Waals surface area contributed by atoms with Crippen LogP contribution in [0.3, 0.4) is 0 Å². The lowest BCUT2D eigenvalue weighted by atomic mass is 10.4. The molecule has 0 aliphatic carbocycles. The number of nitrogens with zero attached hydrogens (tertiary/aromatic N) is 1. The van der Waals surface area contributed by atoms with Gasteiger partial charge in [-0.15, -0.1) is 0 Å². The summed E-state index contributed by atoms with van der Waals surface area (Å²) in [7, 11) is -0.804. The van der Waals surface area contributed by atoms with E-state index in [1.807, 2.05) is 13.8 Å². The van der Waals surface area contributed by atoms with E-state index < -0.39 is 10.8 Å². The quantitative estimate of drug-likeness (QED) is 0.802. The SMILES string of the molecule is CC(C)Oc1nc(NCCS(C)=O)ccc1N. The van der Waals surface area contributed by atoms with Crippen LogP contribution in [-0.4, -0.2) is 33.9 Å². The molecule has 1 aromatic heterocycles. The van der Waals surface area contributed by atoms with Gasteiger partial charge in [-0.1, -0.05) is 0 Å². The Bertz CT molecular complexity index is 396. The van der Waals surface area contributed by atoms with Gasteiger partial charge in [-0.05, 0) is 26.0 Å². The Kier molecular flexibility index (Phi) is 5.21. The van der Waals surface area contributed by atoms with E-state index in [1.54, 1.807) is 18.4 Å². The average Bonchev–Trinajstić information content (AvgIpc) is 2.21. The van der Waals surface area contributed by atoms with Crippen LogP contribution in [0.2, 0.25) is 0 Å². The predicted octanol–water partition coefficient (Wildman–Crippen LogP) is 1.24. The van der Waals surface area contributed by atoms with E-state index in [4.69, 9.17) is 10.5 Å². The summed E-state index contributed by atoms with van der Waals surface area (Å²) in [5.41, 5.74) is 6.27. The molecule has 1 unspecified atom stereocenters. The molecule has 0 radical (unpaired) electrons. The third-order valence-electron chi connectivity index (χ3n) is 1.93. The van der Waals surface area contributed by atoms with Crippen molar-refractivity contribution in [2.75, 3.05) is 29.6 Å². The van der Waals surface area contributed by atoms with Gasteiger partial charge in [0, 0.05) is 29.4 Å². The molecule has 1 rings (SSSR count). The first kappa shape index (κ1) is 13.8. The largest absolute Gasteiger partial charge is 0.473 e. The van der Waals surface area contributed by atoms with Gasteiger partial charge in [-0.25, -0.2) is 0 Å². The Morgan fingerprint density at radius 2 is 2.24 bits per heavy atom. The Hall–Kier alpha value is -1.30. The molecule has 0 spiro atoms. The lowest BCUT2D eigenvalue weighted by Gasteiger charge is -2.12. The molecule has 6 heteroatoms. The Morgan fingerprint density at radius 1 is 1.53 bits per heavy atom. The molecule has 1 aromatic rings. The zero-order valence-corrected chi connectivity index (χ0v) is 11.2. The molecule has 0 aliphatic rings. The van der Waals surface area contributed by atoms with Crippen LogP contribution in [0, 0.1) is 0 Å². The minimum atomic E-state index is -0.804. The lowest BCUT2D eigenvalue weighted by molar-refractivity contribution is 0.234. The van der Waals surface area contributed by atoms with Crippen LogP contribution in [0.5, 0.6) is 5.88 Å². The summed E-state index contributed by atoms with van der Waals surface area (Å²) in [6.07, 6.45) is 1.70. The van der Waals surface area contributed by atoms with Crippen LogP contribution < -0.4 is 15.8 Å². The van der Waals surface area contributed by atoms with Gasteiger partial charge in [0.15, 0.2) is 0 Å². The highest BCUT2D eigenvalue weighted by Crippen LogP contribution is 2.21. The molecular weight excluding hydrogens is 238 g/mol. The molecule has 0 fully saturated rings. The molecule has 0 saturated heterocycles. The highest BCUT2D eigenvalue weighted by molar-refractivity contribution is 7.84. The maximum Gasteiger partial charge on any atom is 0.239 e. The minimum Gasteiger partial charge on any atom is -0.473 e. The van der Waals surface area contributed by atoms with E-state index in [2.05, 4.69) is 10.3 Å². The normalized spacial score (nSPS) is 12.5. The summed E-state index contributed by atoms with van der Waals surface area (Å²) in [5.74, 6) is 1.70. The first-order valence-corrected chi connectivity index (χ1v) is 7.19. The fourth-order valence-electron chi connectivity index (χ4n) is 1.19. The highest BCUT2D eigenvalue weighted by Gasteiger charge is 2.06. The van der Waals surface area contributed by atoms with Crippen molar-refractivity contribution < 1.29 is 8.95 Å². The van der Waals surface area contributed by atoms with Crippen molar-refractivity contribution in [1.82, 2.24) is 4.98 Å². The molecule has 0 aliphatic heterocycles. The molecule has 5 nitrogen and oxygen atoms in total. The third-order valence-corrected chi connectivity index (χ3v) is 2.71. The van der Waals surface area contributed by atoms with Crippen molar-refractivity contribution in [3.8, 4) is 5.88 Å². The minimum absolute atomic E-state index is 0.0307. The zero-order chi connectivity index (χ0) is 12.8. The second kappa shape index (κ2) is 6.44. The van der Waals surface area contributed by atoms with E-state index in [1.165, 1.54) is 0 Å². The number of anilines is 2. The zero-order valence-electron chi connectivity index (χ0n) is 10.4. The van der Waals surface area contributed by atoms with Crippen LogP contribution in [0.1, 0.15) is 13.8 Å². The first-order chi connectivity index (χ1) is 7.99. The van der Waals surface area contributed by atoms with Crippen molar-refractivity contribution >= 4 is 22.3 Å². The molecule has 17 heavy (non-hydrogen) atoms. The van der Waals surface area contributed by atoms with Gasteiger partial charge in [-0.2, -0.15) is 4.98 Å². The van der Waals surface area contributed by atoms with E-state index in [0.29, 0.717) is 29.7 Å². The number of nitrogens with two attached hydrogens (primary N) is 1. The molecule has 1 atom stereocenters. The second-order valence-corrected chi connectivity index (χ2v) is 5.52. The van der Waals surface area contributed by atoms with E-state index >= 15 is 0 Å². The van der Waals surface area contributed by atoms with Crippen LogP contribution >= 0.6 is 0 Å². The third kappa shape index (κ3) is 5.04. The molecule has 3 N–H and O–H groups in total. The maximum atomic E-state index is 10.9. The molecule has 96 valence electrons. The summed E-state index contributed by atoms with van der Waals surface area (Å²) in [5, 5.41) is 3.08. The van der Waals surface area contributed by atoms with Crippen molar-refractivity contribution in [2.24, 2.45) is 0 Å². The molecule has 0 bridgehead atoms. The molecule has 0 saturated carbocycles.